The molecule has 112 valence electrons. The van der Waals surface area contributed by atoms with Crippen molar-refractivity contribution in [3.8, 4) is 0 Å². The summed E-state index contributed by atoms with van der Waals surface area (Å²) in [4.78, 5) is 22.1. The van der Waals surface area contributed by atoms with E-state index in [1.165, 1.54) is 0 Å². The van der Waals surface area contributed by atoms with E-state index in [0.717, 1.165) is 0 Å². The van der Waals surface area contributed by atoms with Crippen LogP contribution in [0.1, 0.15) is 26.6 Å². The van der Waals surface area contributed by atoms with Crippen molar-refractivity contribution < 1.29 is 9.53 Å². The molecular formula is C13H23N5O2. The topological polar surface area (TPSA) is 93.4 Å². The van der Waals surface area contributed by atoms with Crippen molar-refractivity contribution >= 4 is 17.5 Å². The van der Waals surface area contributed by atoms with Crippen LogP contribution in [0.15, 0.2) is 6.07 Å². The Hall–Kier alpha value is -1.89. The highest BCUT2D eigenvalue weighted by Gasteiger charge is 2.13. The summed E-state index contributed by atoms with van der Waals surface area (Å²) in [6.07, 6.45) is 0. The van der Waals surface area contributed by atoms with Gasteiger partial charge in [-0.05, 0) is 20.8 Å². The van der Waals surface area contributed by atoms with Crippen molar-refractivity contribution in [3.63, 3.8) is 0 Å². The maximum absolute atomic E-state index is 11.8. The Morgan fingerprint density at radius 1 is 1.50 bits per heavy atom. The van der Waals surface area contributed by atoms with Gasteiger partial charge in [-0.3, -0.25) is 4.79 Å². The summed E-state index contributed by atoms with van der Waals surface area (Å²) in [5.74, 6) is 1.45. The van der Waals surface area contributed by atoms with Gasteiger partial charge in [0.05, 0.1) is 6.54 Å². The molecule has 0 aliphatic heterocycles. The molecule has 0 spiro atoms. The van der Waals surface area contributed by atoms with Crippen LogP contribution in [0.4, 0.5) is 11.6 Å². The molecule has 0 saturated heterocycles. The lowest BCUT2D eigenvalue weighted by Crippen LogP contribution is -2.40. The third-order valence-corrected chi connectivity index (χ3v) is 2.54. The standard InChI is InChI=1S/C13H23N5O2/c1-5-18(7-13(19)15-9(2)3)12-6-10(14)16-11(17-12)8-20-4/h6,9H,5,7-8H2,1-4H3,(H,15,19)(H2,14,16,17). The minimum atomic E-state index is -0.0488. The third-order valence-electron chi connectivity index (χ3n) is 2.54. The van der Waals surface area contributed by atoms with Gasteiger partial charge < -0.3 is 20.7 Å². The number of hydrogen-bond donors (Lipinski definition) is 2. The Kier molecular flexibility index (Phi) is 6.17. The van der Waals surface area contributed by atoms with E-state index in [0.29, 0.717) is 24.0 Å². The number of ether oxygens (including phenoxy) is 1. The van der Waals surface area contributed by atoms with Crippen molar-refractivity contribution in [2.75, 3.05) is 30.8 Å². The van der Waals surface area contributed by atoms with Crippen LogP contribution in [0.3, 0.4) is 0 Å². The summed E-state index contributed by atoms with van der Waals surface area (Å²) in [7, 11) is 1.57. The highest BCUT2D eigenvalue weighted by Crippen LogP contribution is 2.14. The van der Waals surface area contributed by atoms with E-state index in [1.807, 2.05) is 25.7 Å². The molecular weight excluding hydrogens is 258 g/mol. The fourth-order valence-electron chi connectivity index (χ4n) is 1.75. The van der Waals surface area contributed by atoms with E-state index >= 15 is 0 Å². The Balaban J connectivity index is 2.85. The van der Waals surface area contributed by atoms with Gasteiger partial charge in [-0.15, -0.1) is 0 Å². The van der Waals surface area contributed by atoms with Gasteiger partial charge in [-0.1, -0.05) is 0 Å². The van der Waals surface area contributed by atoms with E-state index in [-0.39, 0.29) is 25.1 Å². The van der Waals surface area contributed by atoms with Crippen LogP contribution in [-0.2, 0) is 16.1 Å². The first-order valence-electron chi connectivity index (χ1n) is 6.63. The van der Waals surface area contributed by atoms with Crippen LogP contribution in [0.25, 0.3) is 0 Å². The minimum Gasteiger partial charge on any atom is -0.384 e. The molecule has 0 atom stereocenters. The zero-order valence-corrected chi connectivity index (χ0v) is 12.5. The van der Waals surface area contributed by atoms with Gasteiger partial charge in [0.25, 0.3) is 0 Å². The van der Waals surface area contributed by atoms with Crippen molar-refractivity contribution in [1.29, 1.82) is 0 Å². The number of aromatic nitrogens is 2. The van der Waals surface area contributed by atoms with E-state index in [9.17, 15) is 4.79 Å². The second-order valence-electron chi connectivity index (χ2n) is 4.74. The van der Waals surface area contributed by atoms with E-state index in [4.69, 9.17) is 10.5 Å². The second-order valence-corrected chi connectivity index (χ2v) is 4.74. The zero-order valence-electron chi connectivity index (χ0n) is 12.5. The average Bonchev–Trinajstić information content (AvgIpc) is 2.34. The molecule has 1 rings (SSSR count). The first kappa shape index (κ1) is 16.2. The predicted octanol–water partition coefficient (Wildman–Crippen LogP) is 0.556. The summed E-state index contributed by atoms with van der Waals surface area (Å²) >= 11 is 0. The molecule has 1 heterocycles. The lowest BCUT2D eigenvalue weighted by molar-refractivity contribution is -0.120. The Labute approximate surface area is 119 Å². The Morgan fingerprint density at radius 2 is 2.20 bits per heavy atom. The molecule has 7 heteroatoms. The van der Waals surface area contributed by atoms with Gasteiger partial charge >= 0.3 is 0 Å². The van der Waals surface area contributed by atoms with Gasteiger partial charge in [-0.2, -0.15) is 0 Å². The highest BCUT2D eigenvalue weighted by molar-refractivity contribution is 5.81. The molecule has 7 nitrogen and oxygen atoms in total. The Morgan fingerprint density at radius 3 is 2.75 bits per heavy atom. The average molecular weight is 281 g/mol. The fraction of sp³-hybridized carbons (Fsp3) is 0.615. The molecule has 20 heavy (non-hydrogen) atoms. The van der Waals surface area contributed by atoms with E-state index in [1.54, 1.807) is 13.2 Å². The molecule has 1 aromatic rings. The summed E-state index contributed by atoms with van der Waals surface area (Å²) in [5.41, 5.74) is 5.76. The van der Waals surface area contributed by atoms with Crippen LogP contribution in [0.2, 0.25) is 0 Å². The van der Waals surface area contributed by atoms with Crippen molar-refractivity contribution in [2.45, 2.75) is 33.4 Å². The van der Waals surface area contributed by atoms with Crippen LogP contribution in [-0.4, -0.2) is 42.1 Å². The van der Waals surface area contributed by atoms with Crippen molar-refractivity contribution in [1.82, 2.24) is 15.3 Å². The number of rotatable bonds is 7. The third kappa shape index (κ3) is 5.00. The highest BCUT2D eigenvalue weighted by atomic mass is 16.5. The number of likely N-dealkylation sites (N-methyl/N-ethyl adjacent to an activating group) is 1. The minimum absolute atomic E-state index is 0.0488. The molecule has 0 bridgehead atoms. The number of amides is 1. The monoisotopic (exact) mass is 281 g/mol. The quantitative estimate of drug-likeness (QED) is 0.758. The lowest BCUT2D eigenvalue weighted by atomic mass is 10.3. The number of carbonyl (C=O) groups excluding carboxylic acids is 1. The summed E-state index contributed by atoms with van der Waals surface area (Å²) in [5, 5.41) is 2.85. The van der Waals surface area contributed by atoms with Gasteiger partial charge in [0.2, 0.25) is 5.91 Å². The number of nitrogens with zero attached hydrogens (tertiary/aromatic N) is 3. The van der Waals surface area contributed by atoms with Gasteiger partial charge in [0.15, 0.2) is 5.82 Å². The number of methoxy groups -OCH3 is 1. The van der Waals surface area contributed by atoms with E-state index < -0.39 is 0 Å². The molecule has 0 saturated carbocycles. The molecule has 1 amide bonds. The summed E-state index contributed by atoms with van der Waals surface area (Å²) < 4.78 is 5.01. The van der Waals surface area contributed by atoms with E-state index in [2.05, 4.69) is 15.3 Å². The maximum atomic E-state index is 11.8. The smallest absolute Gasteiger partial charge is 0.239 e. The largest absolute Gasteiger partial charge is 0.384 e. The molecule has 0 unspecified atom stereocenters. The van der Waals surface area contributed by atoms with Crippen LogP contribution in [0, 0.1) is 0 Å². The molecule has 0 aliphatic rings. The lowest BCUT2D eigenvalue weighted by Gasteiger charge is -2.22. The van der Waals surface area contributed by atoms with Crippen LogP contribution < -0.4 is 16.0 Å². The molecule has 3 N–H and O–H groups in total. The number of nitrogen functional groups attached to an aromatic ring is 1. The second kappa shape index (κ2) is 7.64. The number of nitrogens with two attached hydrogens (primary N) is 1. The number of carbonyl (C=O) groups is 1. The molecule has 1 aromatic heterocycles. The van der Waals surface area contributed by atoms with Gasteiger partial charge in [-0.25, -0.2) is 9.97 Å². The first-order chi connectivity index (χ1) is 9.46. The molecule has 0 fully saturated rings. The number of nitrogens with one attached hydrogen (secondary N) is 1. The Bertz CT molecular complexity index is 450. The normalized spacial score (nSPS) is 10.7. The number of hydrogen-bond acceptors (Lipinski definition) is 6. The zero-order chi connectivity index (χ0) is 15.1. The van der Waals surface area contributed by atoms with Crippen molar-refractivity contribution in [3.05, 3.63) is 11.9 Å². The number of anilines is 2. The first-order valence-corrected chi connectivity index (χ1v) is 6.63. The maximum Gasteiger partial charge on any atom is 0.239 e. The summed E-state index contributed by atoms with van der Waals surface area (Å²) in [6.45, 7) is 6.97. The molecule has 0 aromatic carbocycles. The van der Waals surface area contributed by atoms with Gasteiger partial charge in [0.1, 0.15) is 18.2 Å². The summed E-state index contributed by atoms with van der Waals surface area (Å²) in [6, 6.07) is 1.77. The SMILES string of the molecule is CCN(CC(=O)NC(C)C)c1cc(N)nc(COC)n1. The van der Waals surface area contributed by atoms with Crippen molar-refractivity contribution in [2.24, 2.45) is 0 Å². The molecule has 0 radical (unpaired) electrons. The van der Waals surface area contributed by atoms with Gasteiger partial charge in [0, 0.05) is 25.8 Å². The molecule has 0 aliphatic carbocycles. The fourth-order valence-corrected chi connectivity index (χ4v) is 1.75. The van der Waals surface area contributed by atoms with Crippen LogP contribution in [0.5, 0.6) is 0 Å². The predicted molar refractivity (Wildman–Crippen MR) is 78.3 cm³/mol. The van der Waals surface area contributed by atoms with Crippen LogP contribution >= 0.6 is 0 Å².